The Balaban J connectivity index is 1.56. The molecule has 28 heavy (non-hydrogen) atoms. The highest BCUT2D eigenvalue weighted by atomic mass is 32.1. The third-order valence-corrected chi connectivity index (χ3v) is 8.14. The number of fused-ring (bicyclic) bond motifs is 1. The predicted molar refractivity (Wildman–Crippen MR) is 111 cm³/mol. The zero-order valence-electron chi connectivity index (χ0n) is 17.3. The summed E-state index contributed by atoms with van der Waals surface area (Å²) in [6.45, 7) is 7.97. The van der Waals surface area contributed by atoms with Gasteiger partial charge in [0.2, 0.25) is 5.91 Å². The van der Waals surface area contributed by atoms with Crippen molar-refractivity contribution >= 4 is 23.3 Å². The number of hydrogen-bond acceptors (Lipinski definition) is 4. The lowest BCUT2D eigenvalue weighted by atomic mass is 9.60. The van der Waals surface area contributed by atoms with Gasteiger partial charge in [0.05, 0.1) is 5.41 Å². The molecule has 6 nitrogen and oxygen atoms in total. The van der Waals surface area contributed by atoms with Crippen LogP contribution in [0.15, 0.2) is 17.5 Å². The lowest BCUT2D eigenvalue weighted by Gasteiger charge is -2.46. The number of hydrogen-bond donors (Lipinski definition) is 0. The van der Waals surface area contributed by atoms with Gasteiger partial charge in [0, 0.05) is 57.1 Å². The van der Waals surface area contributed by atoms with Gasteiger partial charge >= 0.3 is 6.03 Å². The van der Waals surface area contributed by atoms with Gasteiger partial charge in [-0.3, -0.25) is 9.69 Å². The minimum Gasteiger partial charge on any atom is -0.342 e. The summed E-state index contributed by atoms with van der Waals surface area (Å²) in [5.41, 5.74) is -0.463. The molecule has 7 heteroatoms. The van der Waals surface area contributed by atoms with Crippen molar-refractivity contribution in [2.75, 3.05) is 53.4 Å². The summed E-state index contributed by atoms with van der Waals surface area (Å²) in [6, 6.07) is 4.35. The molecular weight excluding hydrogens is 372 g/mol. The molecule has 154 valence electrons. The third-order valence-electron chi connectivity index (χ3n) is 7.28. The Kier molecular flexibility index (Phi) is 5.16. The van der Waals surface area contributed by atoms with Crippen LogP contribution in [0.3, 0.4) is 0 Å². The number of thiophene rings is 1. The summed E-state index contributed by atoms with van der Waals surface area (Å²) in [4.78, 5) is 35.7. The van der Waals surface area contributed by atoms with Crippen molar-refractivity contribution in [2.45, 2.75) is 32.7 Å². The van der Waals surface area contributed by atoms with E-state index in [4.69, 9.17) is 0 Å². The Hall–Kier alpha value is -1.60. The maximum Gasteiger partial charge on any atom is 0.319 e. The molecule has 0 bridgehead atoms. The Morgan fingerprint density at radius 1 is 1.18 bits per heavy atom. The number of likely N-dealkylation sites (tertiary alicyclic amines) is 3. The van der Waals surface area contributed by atoms with Crippen molar-refractivity contribution in [3.8, 4) is 0 Å². The van der Waals surface area contributed by atoms with Gasteiger partial charge in [-0.25, -0.2) is 4.79 Å². The first-order valence-corrected chi connectivity index (χ1v) is 11.3. The van der Waals surface area contributed by atoms with Crippen LogP contribution in [-0.4, -0.2) is 84.9 Å². The number of amides is 3. The molecule has 3 aliphatic heterocycles. The predicted octanol–water partition coefficient (Wildman–Crippen LogP) is 2.57. The molecule has 0 aliphatic carbocycles. The second-order valence-corrected chi connectivity index (χ2v) is 9.92. The molecule has 3 fully saturated rings. The van der Waals surface area contributed by atoms with Crippen LogP contribution in [0.4, 0.5) is 4.79 Å². The van der Waals surface area contributed by atoms with Gasteiger partial charge in [0.15, 0.2) is 0 Å². The molecule has 3 saturated heterocycles. The fraction of sp³-hybridized carbons (Fsp3) is 0.714. The zero-order chi connectivity index (χ0) is 19.9. The monoisotopic (exact) mass is 404 g/mol. The van der Waals surface area contributed by atoms with E-state index in [0.29, 0.717) is 6.54 Å². The summed E-state index contributed by atoms with van der Waals surface area (Å²) in [5, 5.41) is 2.13. The molecule has 2 spiro atoms. The molecule has 1 atom stereocenters. The summed E-state index contributed by atoms with van der Waals surface area (Å²) < 4.78 is 0. The molecule has 1 aromatic rings. The van der Waals surface area contributed by atoms with Crippen molar-refractivity contribution in [3.63, 3.8) is 0 Å². The van der Waals surface area contributed by atoms with Crippen LogP contribution in [-0.2, 0) is 11.3 Å². The minimum atomic E-state index is -0.385. The fourth-order valence-electron chi connectivity index (χ4n) is 5.66. The average molecular weight is 405 g/mol. The second-order valence-electron chi connectivity index (χ2n) is 8.89. The lowest BCUT2D eigenvalue weighted by Crippen LogP contribution is -2.52. The van der Waals surface area contributed by atoms with Crippen LogP contribution in [0.1, 0.15) is 31.1 Å². The lowest BCUT2D eigenvalue weighted by molar-refractivity contribution is -0.142. The van der Waals surface area contributed by atoms with Crippen molar-refractivity contribution in [1.29, 1.82) is 0 Å². The van der Waals surface area contributed by atoms with Crippen LogP contribution in [0.2, 0.25) is 0 Å². The largest absolute Gasteiger partial charge is 0.342 e. The number of urea groups is 1. The second kappa shape index (κ2) is 7.34. The summed E-state index contributed by atoms with van der Waals surface area (Å²) in [7, 11) is 3.61. The van der Waals surface area contributed by atoms with E-state index in [1.165, 1.54) is 4.88 Å². The maximum absolute atomic E-state index is 13.5. The standard InChI is InChI=1S/C21H32N4O2S/c1-4-24-12-9-21(18(24)26)16-25(19(27)22(2)3)15-20(21)7-10-23(11-8-20)14-17-6-5-13-28-17/h5-6,13H,4,7-12,14-16H2,1-3H3. The number of nitrogens with zero attached hydrogens (tertiary/aromatic N) is 4. The minimum absolute atomic E-state index is 0.0417. The van der Waals surface area contributed by atoms with Crippen LogP contribution in [0.5, 0.6) is 0 Å². The van der Waals surface area contributed by atoms with Gasteiger partial charge in [-0.2, -0.15) is 0 Å². The molecule has 3 amide bonds. The van der Waals surface area contributed by atoms with E-state index in [9.17, 15) is 9.59 Å². The molecule has 0 N–H and O–H groups in total. The van der Waals surface area contributed by atoms with E-state index in [1.54, 1.807) is 19.0 Å². The first-order chi connectivity index (χ1) is 13.4. The third kappa shape index (κ3) is 3.03. The smallest absolute Gasteiger partial charge is 0.319 e. The highest BCUT2D eigenvalue weighted by Gasteiger charge is 2.65. The first kappa shape index (κ1) is 19.7. The molecule has 3 aliphatic rings. The number of piperidine rings is 1. The van der Waals surface area contributed by atoms with E-state index in [1.807, 2.05) is 21.1 Å². The van der Waals surface area contributed by atoms with Gasteiger partial charge in [-0.1, -0.05) is 6.07 Å². The van der Waals surface area contributed by atoms with Gasteiger partial charge in [-0.15, -0.1) is 11.3 Å². The van der Waals surface area contributed by atoms with Crippen molar-refractivity contribution in [2.24, 2.45) is 10.8 Å². The van der Waals surface area contributed by atoms with E-state index < -0.39 is 0 Å². The molecule has 0 saturated carbocycles. The first-order valence-electron chi connectivity index (χ1n) is 10.4. The molecule has 0 radical (unpaired) electrons. The molecule has 4 rings (SSSR count). The Bertz CT molecular complexity index is 727. The van der Waals surface area contributed by atoms with E-state index in [0.717, 1.165) is 58.5 Å². The van der Waals surface area contributed by atoms with E-state index in [-0.39, 0.29) is 22.8 Å². The van der Waals surface area contributed by atoms with Crippen LogP contribution >= 0.6 is 11.3 Å². The van der Waals surface area contributed by atoms with Crippen molar-refractivity contribution in [1.82, 2.24) is 19.6 Å². The highest BCUT2D eigenvalue weighted by Crippen LogP contribution is 2.58. The van der Waals surface area contributed by atoms with Crippen molar-refractivity contribution < 1.29 is 9.59 Å². The topological polar surface area (TPSA) is 47.1 Å². The van der Waals surface area contributed by atoms with Gasteiger partial charge in [0.25, 0.3) is 0 Å². The zero-order valence-corrected chi connectivity index (χ0v) is 18.1. The van der Waals surface area contributed by atoms with Crippen LogP contribution in [0, 0.1) is 10.8 Å². The van der Waals surface area contributed by atoms with E-state index >= 15 is 0 Å². The summed E-state index contributed by atoms with van der Waals surface area (Å²) in [5.74, 6) is 0.288. The summed E-state index contributed by atoms with van der Waals surface area (Å²) >= 11 is 1.81. The normalized spacial score (nSPS) is 27.3. The van der Waals surface area contributed by atoms with Crippen LogP contribution < -0.4 is 0 Å². The number of rotatable bonds is 3. The molecule has 1 aromatic heterocycles. The quantitative estimate of drug-likeness (QED) is 0.778. The molecule has 4 heterocycles. The molecular formula is C21H32N4O2S. The van der Waals surface area contributed by atoms with Crippen LogP contribution in [0.25, 0.3) is 0 Å². The van der Waals surface area contributed by atoms with Gasteiger partial charge in [-0.05, 0) is 50.7 Å². The Morgan fingerprint density at radius 3 is 2.50 bits per heavy atom. The Morgan fingerprint density at radius 2 is 1.93 bits per heavy atom. The maximum atomic E-state index is 13.5. The van der Waals surface area contributed by atoms with Gasteiger partial charge in [0.1, 0.15) is 0 Å². The molecule has 0 aromatic carbocycles. The van der Waals surface area contributed by atoms with Crippen molar-refractivity contribution in [3.05, 3.63) is 22.4 Å². The number of carbonyl (C=O) groups excluding carboxylic acids is 2. The average Bonchev–Trinajstić information content (AvgIpc) is 3.38. The fourth-order valence-corrected chi connectivity index (χ4v) is 6.41. The SMILES string of the molecule is CCN1CCC2(CN(C(=O)N(C)C)CC23CCN(Cc2cccs2)CC3)C1=O. The van der Waals surface area contributed by atoms with Gasteiger partial charge < -0.3 is 14.7 Å². The number of carbonyl (C=O) groups is 2. The van der Waals surface area contributed by atoms with E-state index in [2.05, 4.69) is 29.3 Å². The molecule has 1 unspecified atom stereocenters. The summed E-state index contributed by atoms with van der Waals surface area (Å²) in [6.07, 6.45) is 2.89. The highest BCUT2D eigenvalue weighted by molar-refractivity contribution is 7.09. The Labute approximate surface area is 172 Å².